The predicted molar refractivity (Wildman–Crippen MR) is 92.3 cm³/mol. The Morgan fingerprint density at radius 2 is 1.92 bits per heavy atom. The van der Waals surface area contributed by atoms with Crippen molar-refractivity contribution in [2.24, 2.45) is 0 Å². The van der Waals surface area contributed by atoms with E-state index in [4.69, 9.17) is 14.2 Å². The molecule has 7 heteroatoms. The van der Waals surface area contributed by atoms with Crippen molar-refractivity contribution < 1.29 is 23.8 Å². The zero-order chi connectivity index (χ0) is 17.5. The van der Waals surface area contributed by atoms with Gasteiger partial charge in [0, 0.05) is 6.07 Å². The number of carbonyl (C=O) groups excluding carboxylic acids is 2. The fourth-order valence-corrected chi connectivity index (χ4v) is 3.56. The number of carbonyl (C=O) groups is 2. The van der Waals surface area contributed by atoms with Crippen molar-refractivity contribution in [3.8, 4) is 11.5 Å². The van der Waals surface area contributed by atoms with Crippen molar-refractivity contribution in [3.05, 3.63) is 23.8 Å². The molecule has 1 aromatic rings. The minimum absolute atomic E-state index is 0.0419. The van der Waals surface area contributed by atoms with E-state index in [1.54, 1.807) is 25.2 Å². The smallest absolute Gasteiger partial charge is 0.325 e. The van der Waals surface area contributed by atoms with Crippen molar-refractivity contribution >= 4 is 23.6 Å². The SMILES string of the molecule is CCCCOC(=O)CN1C(=O)CSC1c1cc(OC)cc(OC)c1. The molecule has 0 saturated carbocycles. The number of hydrogen-bond donors (Lipinski definition) is 0. The van der Waals surface area contributed by atoms with E-state index >= 15 is 0 Å². The van der Waals surface area contributed by atoms with E-state index < -0.39 is 0 Å². The number of thioether (sulfide) groups is 1. The molecular formula is C17H23NO5S. The van der Waals surface area contributed by atoms with Crippen LogP contribution in [0.2, 0.25) is 0 Å². The molecule has 0 bridgehead atoms. The molecule has 0 radical (unpaired) electrons. The highest BCUT2D eigenvalue weighted by atomic mass is 32.2. The van der Waals surface area contributed by atoms with Crippen LogP contribution in [0.4, 0.5) is 0 Å². The largest absolute Gasteiger partial charge is 0.497 e. The molecule has 1 unspecified atom stereocenters. The molecule has 0 aliphatic carbocycles. The van der Waals surface area contributed by atoms with Crippen LogP contribution in [0.15, 0.2) is 18.2 Å². The van der Waals surface area contributed by atoms with Gasteiger partial charge in [0.2, 0.25) is 5.91 Å². The second-order valence-electron chi connectivity index (χ2n) is 5.41. The number of unbranched alkanes of at least 4 members (excludes halogenated alkanes) is 1. The Kier molecular flexibility index (Phi) is 6.78. The van der Waals surface area contributed by atoms with Gasteiger partial charge in [-0.2, -0.15) is 0 Å². The van der Waals surface area contributed by atoms with Crippen LogP contribution in [0.1, 0.15) is 30.7 Å². The Hall–Kier alpha value is -1.89. The van der Waals surface area contributed by atoms with Crippen molar-refractivity contribution in [3.63, 3.8) is 0 Å². The standard InChI is InChI=1S/C17H23NO5S/c1-4-5-6-23-16(20)10-18-15(19)11-24-17(18)12-7-13(21-2)9-14(8-12)22-3/h7-9,17H,4-6,10-11H2,1-3H3. The van der Waals surface area contributed by atoms with Gasteiger partial charge in [0.1, 0.15) is 23.4 Å². The van der Waals surface area contributed by atoms with Gasteiger partial charge in [-0.3, -0.25) is 9.59 Å². The molecular weight excluding hydrogens is 330 g/mol. The van der Waals surface area contributed by atoms with Crippen LogP contribution in [-0.4, -0.2) is 49.9 Å². The third-order valence-electron chi connectivity index (χ3n) is 3.69. The van der Waals surface area contributed by atoms with Gasteiger partial charge in [0.25, 0.3) is 0 Å². The number of rotatable bonds is 8. The summed E-state index contributed by atoms with van der Waals surface area (Å²) in [5.74, 6) is 1.19. The van der Waals surface area contributed by atoms with Crippen LogP contribution in [0.5, 0.6) is 11.5 Å². The summed E-state index contributed by atoms with van der Waals surface area (Å²) in [4.78, 5) is 25.7. The first kappa shape index (κ1) is 18.4. The Labute approximate surface area is 146 Å². The van der Waals surface area contributed by atoms with Crippen LogP contribution in [0.25, 0.3) is 0 Å². The number of nitrogens with zero attached hydrogens (tertiary/aromatic N) is 1. The van der Waals surface area contributed by atoms with Crippen LogP contribution in [0.3, 0.4) is 0 Å². The number of benzene rings is 1. The van der Waals surface area contributed by atoms with Crippen molar-refractivity contribution in [2.45, 2.75) is 25.1 Å². The highest BCUT2D eigenvalue weighted by molar-refractivity contribution is 8.00. The van der Waals surface area contributed by atoms with E-state index in [1.165, 1.54) is 11.8 Å². The number of amides is 1. The van der Waals surface area contributed by atoms with Gasteiger partial charge in [-0.05, 0) is 24.1 Å². The predicted octanol–water partition coefficient (Wildman–Crippen LogP) is 2.62. The maximum atomic E-state index is 12.2. The minimum Gasteiger partial charge on any atom is -0.497 e. The van der Waals surface area contributed by atoms with E-state index in [0.29, 0.717) is 23.9 Å². The van der Waals surface area contributed by atoms with Crippen molar-refractivity contribution in [2.75, 3.05) is 33.1 Å². The fraction of sp³-hybridized carbons (Fsp3) is 0.529. The Morgan fingerprint density at radius 1 is 1.25 bits per heavy atom. The van der Waals surface area contributed by atoms with E-state index in [9.17, 15) is 9.59 Å². The maximum absolute atomic E-state index is 12.2. The summed E-state index contributed by atoms with van der Waals surface area (Å²) >= 11 is 1.48. The normalized spacial score (nSPS) is 17.0. The van der Waals surface area contributed by atoms with Crippen LogP contribution >= 0.6 is 11.8 Å². The van der Waals surface area contributed by atoms with Crippen LogP contribution in [0, 0.1) is 0 Å². The lowest BCUT2D eigenvalue weighted by Gasteiger charge is -2.24. The van der Waals surface area contributed by atoms with Gasteiger partial charge >= 0.3 is 5.97 Å². The molecule has 1 fully saturated rings. The summed E-state index contributed by atoms with van der Waals surface area (Å²) < 4.78 is 15.7. The number of ether oxygens (including phenoxy) is 3. The molecule has 2 rings (SSSR count). The average Bonchev–Trinajstić information content (AvgIpc) is 2.95. The van der Waals surface area contributed by atoms with Gasteiger partial charge in [-0.25, -0.2) is 0 Å². The Morgan fingerprint density at radius 3 is 2.50 bits per heavy atom. The molecule has 6 nitrogen and oxygen atoms in total. The Bertz CT molecular complexity index is 570. The molecule has 1 aliphatic heterocycles. The average molecular weight is 353 g/mol. The van der Waals surface area contributed by atoms with Crippen LogP contribution < -0.4 is 9.47 Å². The highest BCUT2D eigenvalue weighted by Gasteiger charge is 2.35. The first-order valence-corrected chi connectivity index (χ1v) is 8.93. The highest BCUT2D eigenvalue weighted by Crippen LogP contribution is 2.41. The summed E-state index contributed by atoms with van der Waals surface area (Å²) in [6, 6.07) is 5.48. The molecule has 1 aliphatic rings. The minimum atomic E-state index is -0.376. The summed E-state index contributed by atoms with van der Waals surface area (Å²) in [5, 5.41) is -0.250. The fourth-order valence-electron chi connectivity index (χ4n) is 2.39. The molecule has 1 saturated heterocycles. The van der Waals surface area contributed by atoms with Gasteiger partial charge in [0.15, 0.2) is 0 Å². The third-order valence-corrected chi connectivity index (χ3v) is 4.94. The molecule has 0 spiro atoms. The first-order chi connectivity index (χ1) is 11.6. The Balaban J connectivity index is 2.13. The molecule has 132 valence electrons. The lowest BCUT2D eigenvalue weighted by molar-refractivity contribution is -0.148. The lowest BCUT2D eigenvalue weighted by atomic mass is 10.1. The first-order valence-electron chi connectivity index (χ1n) is 7.88. The van der Waals surface area contributed by atoms with Crippen molar-refractivity contribution in [1.29, 1.82) is 0 Å². The second kappa shape index (κ2) is 8.82. The second-order valence-corrected chi connectivity index (χ2v) is 6.47. The molecule has 0 N–H and O–H groups in total. The topological polar surface area (TPSA) is 65.1 Å². The van der Waals surface area contributed by atoms with Crippen LogP contribution in [-0.2, 0) is 14.3 Å². The van der Waals surface area contributed by atoms with Gasteiger partial charge in [0.05, 0.1) is 26.6 Å². The molecule has 1 atom stereocenters. The zero-order valence-corrected chi connectivity index (χ0v) is 15.1. The van der Waals surface area contributed by atoms with Crippen molar-refractivity contribution in [1.82, 2.24) is 4.90 Å². The number of methoxy groups -OCH3 is 2. The zero-order valence-electron chi connectivity index (χ0n) is 14.2. The molecule has 1 aromatic carbocycles. The third kappa shape index (κ3) is 4.56. The van der Waals surface area contributed by atoms with Gasteiger partial charge in [-0.15, -0.1) is 11.8 Å². The molecule has 1 amide bonds. The molecule has 24 heavy (non-hydrogen) atoms. The molecule has 1 heterocycles. The summed E-state index contributed by atoms with van der Waals surface area (Å²) in [6.07, 6.45) is 1.78. The quantitative estimate of drug-likeness (QED) is 0.529. The summed E-state index contributed by atoms with van der Waals surface area (Å²) in [5.41, 5.74) is 0.864. The van der Waals surface area contributed by atoms with E-state index in [2.05, 4.69) is 0 Å². The van der Waals surface area contributed by atoms with E-state index in [-0.39, 0.29) is 23.8 Å². The van der Waals surface area contributed by atoms with E-state index in [1.807, 2.05) is 19.1 Å². The lowest BCUT2D eigenvalue weighted by Crippen LogP contribution is -2.34. The van der Waals surface area contributed by atoms with Gasteiger partial charge in [-0.1, -0.05) is 13.3 Å². The number of esters is 1. The number of hydrogen-bond acceptors (Lipinski definition) is 6. The van der Waals surface area contributed by atoms with Gasteiger partial charge < -0.3 is 19.1 Å². The summed E-state index contributed by atoms with van der Waals surface area (Å²) in [7, 11) is 3.16. The monoisotopic (exact) mass is 353 g/mol. The maximum Gasteiger partial charge on any atom is 0.325 e. The molecule has 0 aromatic heterocycles. The summed E-state index contributed by atoms with van der Waals surface area (Å²) in [6.45, 7) is 2.38. The van der Waals surface area contributed by atoms with E-state index in [0.717, 1.165) is 18.4 Å².